The van der Waals surface area contributed by atoms with E-state index in [1.165, 1.54) is 6.08 Å². The highest BCUT2D eigenvalue weighted by atomic mass is 35.5. The molecule has 39 heavy (non-hydrogen) atoms. The Labute approximate surface area is 232 Å². The Morgan fingerprint density at radius 3 is 2.51 bits per heavy atom. The van der Waals surface area contributed by atoms with Crippen LogP contribution in [0.25, 0.3) is 28.2 Å². The molecular weight excluding hydrogens is 514 g/mol. The van der Waals surface area contributed by atoms with E-state index in [1.54, 1.807) is 12.3 Å². The second-order valence-corrected chi connectivity index (χ2v) is 10.2. The van der Waals surface area contributed by atoms with E-state index in [4.69, 9.17) is 20.8 Å². The Kier molecular flexibility index (Phi) is 8.10. The number of morpholine rings is 1. The van der Waals surface area contributed by atoms with Gasteiger partial charge in [-0.15, -0.1) is 0 Å². The summed E-state index contributed by atoms with van der Waals surface area (Å²) in [6.45, 7) is 6.76. The SMILES string of the molecule is CC(C)c1ccc(/C=C/C(=O)NCc2cc3cc(-c4ccc(C(=O)N5CCOCC5)cc4)cc(Cl)c3o2)cn1. The molecule has 0 radical (unpaired) electrons. The molecule has 2 aromatic heterocycles. The van der Waals surface area contributed by atoms with Gasteiger partial charge in [0.1, 0.15) is 5.76 Å². The van der Waals surface area contributed by atoms with E-state index >= 15 is 0 Å². The molecule has 1 N–H and O–H groups in total. The lowest BCUT2D eigenvalue weighted by molar-refractivity contribution is -0.116. The number of nitrogens with zero attached hydrogens (tertiary/aromatic N) is 2. The smallest absolute Gasteiger partial charge is 0.254 e. The molecule has 0 atom stereocenters. The molecule has 0 bridgehead atoms. The maximum atomic E-state index is 12.7. The van der Waals surface area contributed by atoms with Crippen LogP contribution in [0.2, 0.25) is 5.02 Å². The Bertz CT molecular complexity index is 1500. The number of benzene rings is 2. The number of pyridine rings is 1. The van der Waals surface area contributed by atoms with Gasteiger partial charge in [0.25, 0.3) is 5.91 Å². The first-order chi connectivity index (χ1) is 18.9. The average molecular weight is 544 g/mol. The van der Waals surface area contributed by atoms with Crippen molar-refractivity contribution in [2.75, 3.05) is 26.3 Å². The van der Waals surface area contributed by atoms with Crippen molar-refractivity contribution in [1.29, 1.82) is 0 Å². The van der Waals surface area contributed by atoms with Gasteiger partial charge in [-0.25, -0.2) is 0 Å². The van der Waals surface area contributed by atoms with Crippen molar-refractivity contribution >= 4 is 40.5 Å². The number of carbonyl (C=O) groups excluding carboxylic acids is 2. The fourth-order valence-corrected chi connectivity index (χ4v) is 4.70. The largest absolute Gasteiger partial charge is 0.458 e. The molecule has 4 aromatic rings. The average Bonchev–Trinajstić information content (AvgIpc) is 3.39. The first kappa shape index (κ1) is 26.7. The minimum atomic E-state index is -0.234. The van der Waals surface area contributed by atoms with Gasteiger partial charge in [0.15, 0.2) is 5.58 Å². The van der Waals surface area contributed by atoms with Gasteiger partial charge in [0.2, 0.25) is 5.91 Å². The summed E-state index contributed by atoms with van der Waals surface area (Å²) in [7, 11) is 0. The Balaban J connectivity index is 1.23. The van der Waals surface area contributed by atoms with Crippen molar-refractivity contribution in [3.05, 3.63) is 94.5 Å². The van der Waals surface area contributed by atoms with Crippen molar-refractivity contribution in [1.82, 2.24) is 15.2 Å². The Morgan fingerprint density at radius 2 is 1.82 bits per heavy atom. The van der Waals surface area contributed by atoms with Gasteiger partial charge in [-0.05, 0) is 65.1 Å². The summed E-state index contributed by atoms with van der Waals surface area (Å²) < 4.78 is 11.2. The molecule has 1 aliphatic rings. The molecule has 3 heterocycles. The van der Waals surface area contributed by atoms with Crippen molar-refractivity contribution in [3.8, 4) is 11.1 Å². The topological polar surface area (TPSA) is 84.7 Å². The highest BCUT2D eigenvalue weighted by molar-refractivity contribution is 6.35. The summed E-state index contributed by atoms with van der Waals surface area (Å²) in [5.41, 5.74) is 4.93. The van der Waals surface area contributed by atoms with Gasteiger partial charge in [0, 0.05) is 42.0 Å². The molecule has 2 amide bonds. The number of furan rings is 1. The maximum Gasteiger partial charge on any atom is 0.254 e. The summed E-state index contributed by atoms with van der Waals surface area (Å²) in [4.78, 5) is 31.3. The zero-order valence-corrected chi connectivity index (χ0v) is 22.7. The molecule has 1 saturated heterocycles. The van der Waals surface area contributed by atoms with Crippen LogP contribution in [-0.2, 0) is 16.1 Å². The number of amides is 2. The number of halogens is 1. The van der Waals surface area contributed by atoms with Crippen LogP contribution in [0.15, 0.2) is 71.3 Å². The number of ether oxygens (including phenoxy) is 1. The molecule has 8 heteroatoms. The van der Waals surface area contributed by atoms with Gasteiger partial charge >= 0.3 is 0 Å². The molecule has 7 nitrogen and oxygen atoms in total. The zero-order chi connectivity index (χ0) is 27.4. The lowest BCUT2D eigenvalue weighted by Gasteiger charge is -2.26. The number of fused-ring (bicyclic) bond motifs is 1. The van der Waals surface area contributed by atoms with Crippen LogP contribution >= 0.6 is 11.6 Å². The van der Waals surface area contributed by atoms with Gasteiger partial charge in [-0.2, -0.15) is 0 Å². The van der Waals surface area contributed by atoms with Crippen LogP contribution in [0.1, 0.15) is 47.1 Å². The summed E-state index contributed by atoms with van der Waals surface area (Å²) >= 11 is 6.55. The normalized spacial score (nSPS) is 13.9. The molecule has 0 unspecified atom stereocenters. The molecule has 0 spiro atoms. The third kappa shape index (κ3) is 6.38. The van der Waals surface area contributed by atoms with E-state index in [9.17, 15) is 9.59 Å². The van der Waals surface area contributed by atoms with Gasteiger partial charge in [-0.1, -0.05) is 43.6 Å². The van der Waals surface area contributed by atoms with Crippen molar-refractivity contribution in [2.24, 2.45) is 0 Å². The molecular formula is C31H30ClN3O4. The van der Waals surface area contributed by atoms with Crippen molar-refractivity contribution < 1.29 is 18.7 Å². The second-order valence-electron chi connectivity index (χ2n) is 9.79. The van der Waals surface area contributed by atoms with Gasteiger partial charge in [0.05, 0.1) is 24.8 Å². The summed E-state index contributed by atoms with van der Waals surface area (Å²) in [5, 5.41) is 4.16. The monoisotopic (exact) mass is 543 g/mol. The predicted molar refractivity (Wildman–Crippen MR) is 153 cm³/mol. The number of carbonyl (C=O) groups is 2. The summed E-state index contributed by atoms with van der Waals surface area (Å²) in [6.07, 6.45) is 4.97. The molecule has 0 aliphatic carbocycles. The van der Waals surface area contributed by atoms with E-state index < -0.39 is 0 Å². The number of aromatic nitrogens is 1. The third-order valence-electron chi connectivity index (χ3n) is 6.65. The first-order valence-electron chi connectivity index (χ1n) is 13.0. The second kappa shape index (κ2) is 11.8. The maximum absolute atomic E-state index is 12.7. The lowest BCUT2D eigenvalue weighted by Crippen LogP contribution is -2.40. The minimum absolute atomic E-state index is 0.00963. The van der Waals surface area contributed by atoms with Crippen molar-refractivity contribution in [2.45, 2.75) is 26.3 Å². The number of hydrogen-bond acceptors (Lipinski definition) is 5. The fraction of sp³-hybridized carbons (Fsp3) is 0.258. The minimum Gasteiger partial charge on any atom is -0.458 e. The van der Waals surface area contributed by atoms with Crippen LogP contribution in [0.4, 0.5) is 0 Å². The standard InChI is InChI=1S/C31H30ClN3O4/c1-20(2)28-9-3-21(18-33-28)4-10-29(36)34-19-26-16-25-15-24(17-27(32)30(25)39-26)22-5-7-23(8-6-22)31(37)35-11-13-38-14-12-35/h3-10,15-18,20H,11-14,19H2,1-2H3,(H,34,36)/b10-4+. The van der Waals surface area contributed by atoms with E-state index in [1.807, 2.05) is 59.5 Å². The number of hydrogen-bond donors (Lipinski definition) is 1. The van der Waals surface area contributed by atoms with E-state index in [-0.39, 0.29) is 18.4 Å². The molecule has 1 aliphatic heterocycles. The Hall–Kier alpha value is -3.94. The molecule has 200 valence electrons. The number of rotatable bonds is 7. The van der Waals surface area contributed by atoms with Crippen molar-refractivity contribution in [3.63, 3.8) is 0 Å². The first-order valence-corrected chi connectivity index (χ1v) is 13.4. The van der Waals surface area contributed by atoms with Gasteiger partial charge < -0.3 is 19.4 Å². The Morgan fingerprint density at radius 1 is 1.05 bits per heavy atom. The van der Waals surface area contributed by atoms with Crippen LogP contribution in [-0.4, -0.2) is 48.0 Å². The quantitative estimate of drug-likeness (QED) is 0.286. The third-order valence-corrected chi connectivity index (χ3v) is 6.93. The highest BCUT2D eigenvalue weighted by Gasteiger charge is 2.18. The van der Waals surface area contributed by atoms with Crippen LogP contribution in [0, 0.1) is 0 Å². The molecule has 5 rings (SSSR count). The fourth-order valence-electron chi connectivity index (χ4n) is 4.43. The lowest BCUT2D eigenvalue weighted by atomic mass is 10.0. The molecule has 1 fully saturated rings. The van der Waals surface area contributed by atoms with Gasteiger partial charge in [-0.3, -0.25) is 14.6 Å². The van der Waals surface area contributed by atoms with E-state index in [0.717, 1.165) is 27.8 Å². The summed E-state index contributed by atoms with van der Waals surface area (Å²) in [5.74, 6) is 0.731. The van der Waals surface area contributed by atoms with Crippen LogP contribution in [0.5, 0.6) is 0 Å². The van der Waals surface area contributed by atoms with E-state index in [0.29, 0.717) is 54.2 Å². The summed E-state index contributed by atoms with van der Waals surface area (Å²) in [6, 6.07) is 17.1. The zero-order valence-electron chi connectivity index (χ0n) is 21.9. The molecule has 0 saturated carbocycles. The van der Waals surface area contributed by atoms with Crippen LogP contribution < -0.4 is 5.32 Å². The number of nitrogens with one attached hydrogen (secondary N) is 1. The van der Waals surface area contributed by atoms with Crippen LogP contribution in [0.3, 0.4) is 0 Å². The highest BCUT2D eigenvalue weighted by Crippen LogP contribution is 2.33. The molecule has 2 aromatic carbocycles. The van der Waals surface area contributed by atoms with E-state index in [2.05, 4.69) is 24.1 Å². The predicted octanol–water partition coefficient (Wildman–Crippen LogP) is 6.07.